The molecule has 0 spiro atoms. The van der Waals surface area contributed by atoms with Gasteiger partial charge in [-0.1, -0.05) is 30.7 Å². The van der Waals surface area contributed by atoms with E-state index in [1.165, 1.54) is 5.56 Å². The Labute approximate surface area is 127 Å². The highest BCUT2D eigenvalue weighted by atomic mass is 16.5. The summed E-state index contributed by atoms with van der Waals surface area (Å²) in [4.78, 5) is 11.7. The van der Waals surface area contributed by atoms with Gasteiger partial charge in [0.25, 0.3) is 0 Å². The maximum Gasteiger partial charge on any atom is 0.306 e. The second-order valence-corrected chi connectivity index (χ2v) is 6.01. The molecule has 116 valence electrons. The predicted octanol–water partition coefficient (Wildman–Crippen LogP) is 3.94. The number of carbonyl (C=O) groups excluding carboxylic acids is 1. The van der Waals surface area contributed by atoms with Crippen molar-refractivity contribution in [3.05, 3.63) is 35.4 Å². The molecule has 0 amide bonds. The molecule has 0 fully saturated rings. The third-order valence-electron chi connectivity index (χ3n) is 4.16. The van der Waals surface area contributed by atoms with E-state index in [4.69, 9.17) is 4.74 Å². The van der Waals surface area contributed by atoms with E-state index in [2.05, 4.69) is 6.07 Å². The van der Waals surface area contributed by atoms with E-state index in [9.17, 15) is 9.90 Å². The summed E-state index contributed by atoms with van der Waals surface area (Å²) >= 11 is 0. The molecule has 0 bridgehead atoms. The van der Waals surface area contributed by atoms with Crippen LogP contribution in [-0.4, -0.2) is 17.2 Å². The van der Waals surface area contributed by atoms with Crippen LogP contribution in [0.2, 0.25) is 0 Å². The molecule has 1 heterocycles. The smallest absolute Gasteiger partial charge is 0.306 e. The van der Waals surface area contributed by atoms with Crippen LogP contribution in [0.4, 0.5) is 0 Å². The minimum atomic E-state index is -0.477. The van der Waals surface area contributed by atoms with E-state index in [0.29, 0.717) is 19.3 Å². The van der Waals surface area contributed by atoms with E-state index in [1.807, 2.05) is 25.1 Å². The number of esters is 1. The molecule has 2 atom stereocenters. The van der Waals surface area contributed by atoms with Crippen LogP contribution in [0.15, 0.2) is 24.3 Å². The summed E-state index contributed by atoms with van der Waals surface area (Å²) in [6.07, 6.45) is 6.49. The maximum atomic E-state index is 11.7. The second kappa shape index (κ2) is 8.18. The fraction of sp³-hybridized carbons (Fsp3) is 0.611. The zero-order chi connectivity index (χ0) is 15.1. The minimum Gasteiger partial charge on any atom is -0.463 e. The van der Waals surface area contributed by atoms with Crippen LogP contribution < -0.4 is 0 Å². The predicted molar refractivity (Wildman–Crippen MR) is 83.0 cm³/mol. The van der Waals surface area contributed by atoms with E-state index in [0.717, 1.165) is 37.7 Å². The van der Waals surface area contributed by atoms with Gasteiger partial charge in [-0.05, 0) is 56.6 Å². The summed E-state index contributed by atoms with van der Waals surface area (Å²) in [5.41, 5.74) is 2.27. The molecule has 1 aromatic rings. The molecular formula is C18H26O3. The number of carbonyl (C=O) groups is 1. The number of aliphatic hydroxyl groups excluding tert-OH is 1. The summed E-state index contributed by atoms with van der Waals surface area (Å²) in [6, 6.07) is 8.13. The Morgan fingerprint density at radius 2 is 1.86 bits per heavy atom. The normalized spacial score (nSPS) is 25.5. The summed E-state index contributed by atoms with van der Waals surface area (Å²) in [6.45, 7) is 1.97. The first-order valence-electron chi connectivity index (χ1n) is 8.12. The van der Waals surface area contributed by atoms with Gasteiger partial charge < -0.3 is 9.84 Å². The highest BCUT2D eigenvalue weighted by molar-refractivity contribution is 5.69. The van der Waals surface area contributed by atoms with Gasteiger partial charge in [-0.3, -0.25) is 4.79 Å². The highest BCUT2D eigenvalue weighted by Gasteiger charge is 2.15. The lowest BCUT2D eigenvalue weighted by atomic mass is 9.94. The van der Waals surface area contributed by atoms with Crippen LogP contribution in [0.25, 0.3) is 0 Å². The summed E-state index contributed by atoms with van der Waals surface area (Å²) < 4.78 is 5.38. The maximum absolute atomic E-state index is 11.7. The molecule has 2 rings (SSSR count). The van der Waals surface area contributed by atoms with E-state index >= 15 is 0 Å². The lowest BCUT2D eigenvalue weighted by Gasteiger charge is -2.17. The monoisotopic (exact) mass is 290 g/mol. The Morgan fingerprint density at radius 3 is 2.71 bits per heavy atom. The molecule has 1 aliphatic rings. The van der Waals surface area contributed by atoms with E-state index < -0.39 is 6.10 Å². The molecule has 0 saturated heterocycles. The van der Waals surface area contributed by atoms with E-state index in [-0.39, 0.29) is 12.1 Å². The van der Waals surface area contributed by atoms with Gasteiger partial charge in [-0.2, -0.15) is 0 Å². The highest BCUT2D eigenvalue weighted by Crippen LogP contribution is 2.25. The third kappa shape index (κ3) is 5.16. The van der Waals surface area contributed by atoms with Crippen LogP contribution >= 0.6 is 0 Å². The Bertz CT molecular complexity index is 456. The van der Waals surface area contributed by atoms with Crippen LogP contribution in [0.3, 0.4) is 0 Å². The Hall–Kier alpha value is -1.35. The van der Waals surface area contributed by atoms with Crippen LogP contribution in [0, 0.1) is 0 Å². The van der Waals surface area contributed by atoms with Crippen LogP contribution in [0.1, 0.15) is 69.1 Å². The van der Waals surface area contributed by atoms with Crippen molar-refractivity contribution in [1.82, 2.24) is 0 Å². The van der Waals surface area contributed by atoms with E-state index in [1.54, 1.807) is 0 Å². The number of hydrogen-bond donors (Lipinski definition) is 1. The van der Waals surface area contributed by atoms with Gasteiger partial charge in [0.15, 0.2) is 0 Å². The summed E-state index contributed by atoms with van der Waals surface area (Å²) in [7, 11) is 0. The van der Waals surface area contributed by atoms with Crippen LogP contribution in [-0.2, 0) is 16.0 Å². The third-order valence-corrected chi connectivity index (χ3v) is 4.16. The van der Waals surface area contributed by atoms with Gasteiger partial charge >= 0.3 is 5.97 Å². The fourth-order valence-corrected chi connectivity index (χ4v) is 2.95. The molecule has 0 radical (unpaired) electrons. The number of aryl methyl sites for hydroxylation is 1. The Balaban J connectivity index is 2.05. The molecule has 0 aromatic heterocycles. The van der Waals surface area contributed by atoms with Crippen molar-refractivity contribution in [1.29, 1.82) is 0 Å². The molecule has 3 nitrogen and oxygen atoms in total. The fourth-order valence-electron chi connectivity index (χ4n) is 2.95. The standard InChI is InChI=1S/C18H26O3/c1-14-8-3-2-4-9-15-10-5-6-11-16(15)17(19)12-7-13-18(20)21-14/h5-6,10-11,14,17,19H,2-4,7-9,12-13H2,1H3/t14-,17-/m1/s1. The molecule has 21 heavy (non-hydrogen) atoms. The van der Waals surface area contributed by atoms with Gasteiger partial charge in [-0.15, -0.1) is 0 Å². The molecule has 3 heteroatoms. The zero-order valence-corrected chi connectivity index (χ0v) is 12.9. The number of rotatable bonds is 0. The Morgan fingerprint density at radius 1 is 1.05 bits per heavy atom. The van der Waals surface area contributed by atoms with Gasteiger partial charge in [-0.25, -0.2) is 0 Å². The average Bonchev–Trinajstić information content (AvgIpc) is 2.46. The molecule has 0 unspecified atom stereocenters. The topological polar surface area (TPSA) is 46.5 Å². The molecular weight excluding hydrogens is 264 g/mol. The first-order valence-corrected chi connectivity index (χ1v) is 8.12. The minimum absolute atomic E-state index is 0.0117. The molecule has 1 aliphatic heterocycles. The number of fused-ring (bicyclic) bond motifs is 1. The largest absolute Gasteiger partial charge is 0.463 e. The van der Waals surface area contributed by atoms with Crippen molar-refractivity contribution in [2.45, 2.75) is 70.5 Å². The summed E-state index contributed by atoms with van der Waals surface area (Å²) in [5, 5.41) is 10.4. The SMILES string of the molecule is C[C@@H]1CCCCCc2ccccc2[C@H](O)CCCC(=O)O1. The second-order valence-electron chi connectivity index (χ2n) is 6.01. The Kier molecular flexibility index (Phi) is 6.24. The molecule has 1 N–H and O–H groups in total. The first kappa shape index (κ1) is 16.0. The first-order chi connectivity index (χ1) is 10.2. The number of aliphatic hydroxyl groups is 1. The lowest BCUT2D eigenvalue weighted by Crippen LogP contribution is -2.15. The number of hydrogen-bond acceptors (Lipinski definition) is 3. The van der Waals surface area contributed by atoms with Gasteiger partial charge in [0.1, 0.15) is 0 Å². The van der Waals surface area contributed by atoms with Crippen molar-refractivity contribution in [3.63, 3.8) is 0 Å². The average molecular weight is 290 g/mol. The van der Waals surface area contributed by atoms with Crippen LogP contribution in [0.5, 0.6) is 0 Å². The van der Waals surface area contributed by atoms with Crippen molar-refractivity contribution >= 4 is 5.97 Å². The lowest BCUT2D eigenvalue weighted by molar-refractivity contribution is -0.148. The molecule has 0 aliphatic carbocycles. The molecule has 1 aromatic carbocycles. The van der Waals surface area contributed by atoms with Crippen molar-refractivity contribution in [3.8, 4) is 0 Å². The molecule has 0 saturated carbocycles. The number of cyclic esters (lactones) is 1. The number of ether oxygens (including phenoxy) is 1. The summed E-state index contributed by atoms with van der Waals surface area (Å²) in [5.74, 6) is -0.139. The van der Waals surface area contributed by atoms with Crippen molar-refractivity contribution in [2.75, 3.05) is 0 Å². The number of benzene rings is 1. The zero-order valence-electron chi connectivity index (χ0n) is 12.9. The van der Waals surface area contributed by atoms with Gasteiger partial charge in [0.2, 0.25) is 0 Å². The van der Waals surface area contributed by atoms with Gasteiger partial charge in [0.05, 0.1) is 12.2 Å². The quantitative estimate of drug-likeness (QED) is 0.736. The van der Waals surface area contributed by atoms with Crippen molar-refractivity contribution < 1.29 is 14.6 Å². The van der Waals surface area contributed by atoms with Crippen molar-refractivity contribution in [2.24, 2.45) is 0 Å². The van der Waals surface area contributed by atoms with Gasteiger partial charge in [0, 0.05) is 6.42 Å².